The summed E-state index contributed by atoms with van der Waals surface area (Å²) in [4.78, 5) is 29.7. The number of hydrogen-bond donors (Lipinski definition) is 0. The summed E-state index contributed by atoms with van der Waals surface area (Å²) in [5.74, 6) is 1.56. The van der Waals surface area contributed by atoms with Crippen LogP contribution in [0, 0.1) is 5.92 Å². The van der Waals surface area contributed by atoms with Crippen molar-refractivity contribution in [2.24, 2.45) is 5.92 Å². The zero-order chi connectivity index (χ0) is 18.7. The van der Waals surface area contributed by atoms with Crippen molar-refractivity contribution >= 4 is 17.6 Å². The quantitative estimate of drug-likeness (QED) is 0.789. The number of likely N-dealkylation sites (tertiary alicyclic amines) is 2. The summed E-state index contributed by atoms with van der Waals surface area (Å²) in [5.41, 5.74) is 0. The van der Waals surface area contributed by atoms with Crippen molar-refractivity contribution in [2.75, 3.05) is 45.2 Å². The minimum atomic E-state index is -0.0456. The average molecular weight is 361 g/mol. The highest BCUT2D eigenvalue weighted by molar-refractivity contribution is 5.80. The van der Waals surface area contributed by atoms with Gasteiger partial charge >= 0.3 is 0 Å². The molecule has 1 aromatic rings. The molecule has 2 amide bonds. The number of carbonyl (C=O) groups excluding carboxylic acids is 2. The van der Waals surface area contributed by atoms with Crippen LogP contribution in [0.5, 0.6) is 5.88 Å². The summed E-state index contributed by atoms with van der Waals surface area (Å²) in [6, 6.07) is 3.67. The third-order valence-electron chi connectivity index (χ3n) is 5.12. The fraction of sp³-hybridized carbons (Fsp3) is 0.667. The Kier molecular flexibility index (Phi) is 5.58. The lowest BCUT2D eigenvalue weighted by atomic mass is 9.95. The van der Waals surface area contributed by atoms with Gasteiger partial charge in [-0.15, -0.1) is 10.2 Å². The van der Waals surface area contributed by atoms with Crippen molar-refractivity contribution in [1.29, 1.82) is 0 Å². The van der Waals surface area contributed by atoms with Crippen LogP contribution < -0.4 is 9.64 Å². The lowest BCUT2D eigenvalue weighted by Crippen LogP contribution is -2.43. The van der Waals surface area contributed by atoms with Crippen LogP contribution >= 0.6 is 0 Å². The molecule has 26 heavy (non-hydrogen) atoms. The number of carbonyl (C=O) groups is 2. The Morgan fingerprint density at radius 2 is 1.77 bits per heavy atom. The summed E-state index contributed by atoms with van der Waals surface area (Å²) in [7, 11) is 3.82. The molecular weight excluding hydrogens is 334 g/mol. The Bertz CT molecular complexity index is 641. The molecule has 0 unspecified atom stereocenters. The fourth-order valence-electron chi connectivity index (χ4n) is 3.51. The molecule has 0 aliphatic carbocycles. The monoisotopic (exact) mass is 361 g/mol. The molecule has 0 bridgehead atoms. The first-order chi connectivity index (χ1) is 12.4. The first kappa shape index (κ1) is 18.4. The summed E-state index contributed by atoms with van der Waals surface area (Å²) in [6.45, 7) is 4.22. The van der Waals surface area contributed by atoms with Gasteiger partial charge in [0.05, 0.1) is 6.54 Å². The molecule has 0 N–H and O–H groups in total. The van der Waals surface area contributed by atoms with Crippen molar-refractivity contribution in [2.45, 2.75) is 32.3 Å². The van der Waals surface area contributed by atoms with E-state index in [1.165, 1.54) is 0 Å². The molecule has 3 rings (SSSR count). The normalized spacial score (nSPS) is 21.0. The Morgan fingerprint density at radius 1 is 1.08 bits per heavy atom. The maximum atomic E-state index is 12.7. The fourth-order valence-corrected chi connectivity index (χ4v) is 3.51. The van der Waals surface area contributed by atoms with Crippen LogP contribution in [0.1, 0.15) is 26.2 Å². The van der Waals surface area contributed by atoms with Gasteiger partial charge in [0.25, 0.3) is 0 Å². The number of rotatable bonds is 4. The maximum absolute atomic E-state index is 12.7. The van der Waals surface area contributed by atoms with E-state index < -0.39 is 0 Å². The predicted molar refractivity (Wildman–Crippen MR) is 97.0 cm³/mol. The minimum absolute atomic E-state index is 0.0171. The van der Waals surface area contributed by atoms with E-state index in [9.17, 15) is 9.59 Å². The largest absolute Gasteiger partial charge is 0.471 e. The molecule has 1 atom stereocenters. The number of hydrogen-bond acceptors (Lipinski definition) is 6. The molecule has 1 aromatic heterocycles. The van der Waals surface area contributed by atoms with Crippen LogP contribution in [-0.4, -0.2) is 78.2 Å². The first-order valence-corrected chi connectivity index (χ1v) is 9.16. The summed E-state index contributed by atoms with van der Waals surface area (Å²) in [6.07, 6.45) is 2.25. The molecule has 0 spiro atoms. The van der Waals surface area contributed by atoms with Gasteiger partial charge in [-0.25, -0.2) is 0 Å². The van der Waals surface area contributed by atoms with E-state index in [-0.39, 0.29) is 23.8 Å². The van der Waals surface area contributed by atoms with Crippen molar-refractivity contribution in [1.82, 2.24) is 20.0 Å². The van der Waals surface area contributed by atoms with Gasteiger partial charge in [0.2, 0.25) is 17.7 Å². The van der Waals surface area contributed by atoms with Gasteiger partial charge in [-0.3, -0.25) is 9.59 Å². The standard InChI is InChI=1S/C18H27N5O3/c1-13(24)22-9-6-14(7-10-22)18(25)23-11-8-15(12-23)26-17-5-4-16(19-20-17)21(2)3/h4-5,14-15H,6-12H2,1-3H3/t15-/m0/s1. The van der Waals surface area contributed by atoms with E-state index >= 15 is 0 Å². The number of aromatic nitrogens is 2. The van der Waals surface area contributed by atoms with Gasteiger partial charge in [0.1, 0.15) is 6.10 Å². The van der Waals surface area contributed by atoms with Gasteiger partial charge in [0, 0.05) is 59.1 Å². The third-order valence-corrected chi connectivity index (χ3v) is 5.12. The Hall–Kier alpha value is -2.38. The van der Waals surface area contributed by atoms with Gasteiger partial charge in [0.15, 0.2) is 5.82 Å². The number of nitrogens with zero attached hydrogens (tertiary/aromatic N) is 5. The molecule has 2 saturated heterocycles. The lowest BCUT2D eigenvalue weighted by molar-refractivity contribution is -0.139. The molecule has 0 radical (unpaired) electrons. The molecule has 2 fully saturated rings. The van der Waals surface area contributed by atoms with Crippen LogP contribution in [0.2, 0.25) is 0 Å². The van der Waals surface area contributed by atoms with E-state index in [1.54, 1.807) is 6.92 Å². The number of ether oxygens (including phenoxy) is 1. The molecule has 8 nitrogen and oxygen atoms in total. The molecule has 8 heteroatoms. The van der Waals surface area contributed by atoms with E-state index in [0.717, 1.165) is 25.1 Å². The van der Waals surface area contributed by atoms with Crippen LogP contribution in [0.25, 0.3) is 0 Å². The lowest BCUT2D eigenvalue weighted by Gasteiger charge is -2.32. The topological polar surface area (TPSA) is 78.9 Å². The predicted octanol–water partition coefficient (Wildman–Crippen LogP) is 0.781. The molecule has 0 saturated carbocycles. The van der Waals surface area contributed by atoms with E-state index in [0.29, 0.717) is 32.1 Å². The van der Waals surface area contributed by atoms with Gasteiger partial charge in [-0.05, 0) is 18.9 Å². The molecule has 2 aliphatic heterocycles. The number of piperidine rings is 1. The van der Waals surface area contributed by atoms with Gasteiger partial charge in [-0.2, -0.15) is 0 Å². The molecule has 3 heterocycles. The van der Waals surface area contributed by atoms with Crippen molar-refractivity contribution in [3.8, 4) is 5.88 Å². The van der Waals surface area contributed by atoms with Crippen molar-refractivity contribution < 1.29 is 14.3 Å². The SMILES string of the molecule is CC(=O)N1CCC(C(=O)N2CC[C@H](Oc3ccc(N(C)C)nn3)C2)CC1. The molecule has 2 aliphatic rings. The number of anilines is 1. The van der Waals surface area contributed by atoms with Crippen molar-refractivity contribution in [3.05, 3.63) is 12.1 Å². The maximum Gasteiger partial charge on any atom is 0.233 e. The summed E-state index contributed by atoms with van der Waals surface area (Å²) < 4.78 is 5.89. The summed E-state index contributed by atoms with van der Waals surface area (Å²) in [5, 5.41) is 8.20. The van der Waals surface area contributed by atoms with E-state index in [2.05, 4.69) is 10.2 Å². The van der Waals surface area contributed by atoms with Crippen LogP contribution in [0.4, 0.5) is 5.82 Å². The second-order valence-corrected chi connectivity index (χ2v) is 7.22. The van der Waals surface area contributed by atoms with Crippen molar-refractivity contribution in [3.63, 3.8) is 0 Å². The van der Waals surface area contributed by atoms with E-state index in [4.69, 9.17) is 4.74 Å². The summed E-state index contributed by atoms with van der Waals surface area (Å²) >= 11 is 0. The number of amides is 2. The molecule has 0 aromatic carbocycles. The highest BCUT2D eigenvalue weighted by atomic mass is 16.5. The average Bonchev–Trinajstić information content (AvgIpc) is 3.10. The second-order valence-electron chi connectivity index (χ2n) is 7.22. The van der Waals surface area contributed by atoms with Crippen LogP contribution in [-0.2, 0) is 9.59 Å². The Balaban J connectivity index is 1.49. The van der Waals surface area contributed by atoms with Gasteiger partial charge < -0.3 is 19.4 Å². The first-order valence-electron chi connectivity index (χ1n) is 9.16. The zero-order valence-corrected chi connectivity index (χ0v) is 15.7. The third kappa shape index (κ3) is 4.23. The zero-order valence-electron chi connectivity index (χ0n) is 15.7. The second kappa shape index (κ2) is 7.88. The highest BCUT2D eigenvalue weighted by Crippen LogP contribution is 2.24. The molecular formula is C18H27N5O3. The highest BCUT2D eigenvalue weighted by Gasteiger charge is 2.34. The smallest absolute Gasteiger partial charge is 0.233 e. The Labute approximate surface area is 154 Å². The van der Waals surface area contributed by atoms with Gasteiger partial charge in [-0.1, -0.05) is 0 Å². The van der Waals surface area contributed by atoms with Crippen LogP contribution in [0.15, 0.2) is 12.1 Å². The van der Waals surface area contributed by atoms with E-state index in [1.807, 2.05) is 40.9 Å². The minimum Gasteiger partial charge on any atom is -0.471 e. The van der Waals surface area contributed by atoms with Crippen LogP contribution in [0.3, 0.4) is 0 Å². The molecule has 142 valence electrons. The Morgan fingerprint density at radius 3 is 2.35 bits per heavy atom.